The van der Waals surface area contributed by atoms with Crippen molar-refractivity contribution in [3.8, 4) is 21.7 Å². The zero-order valence-corrected chi connectivity index (χ0v) is 32.7. The number of nitrogens with zero attached hydrogens (tertiary/aromatic N) is 4. The van der Waals surface area contributed by atoms with E-state index in [0.29, 0.717) is 13.1 Å². The minimum Gasteiger partial charge on any atom is -0.459 e. The first-order chi connectivity index (χ1) is 27.9. The van der Waals surface area contributed by atoms with E-state index in [1.54, 1.807) is 66.9 Å². The number of ether oxygens (including phenoxy) is 1. The number of phosphoric ester groups is 1. The SMILES string of the molecule is CCNC(=O)Nc1cc(-c2nc(C(F)(F)F)cs2)c(-c2cnc3c(c2)c(=O)c(C(=O)OCCOP(=O)(OCc2ccccc2)OCc2ccccc2)cn3CC)cn1. The minimum absolute atomic E-state index is 0.00349. The topological polar surface area (TPSA) is 173 Å². The standard InChI is InChI=1S/C39H36F3N6O8PS/c1-3-43-38(51)47-33-18-28(36-46-32(24-58-36)39(40,41)42)30(20-44-33)27-17-29-34(49)31(21-48(4-2)35(29)45-19-27)37(50)53-15-16-54-57(52,55-22-25-11-7-5-8-12-25)56-23-26-13-9-6-10-14-26/h5-14,17-21,24H,3-4,15-16,22-23H2,1-2H3,(H2,43,44,47,51). The molecule has 4 aromatic heterocycles. The van der Waals surface area contributed by atoms with Gasteiger partial charge in [-0.3, -0.25) is 23.7 Å². The van der Waals surface area contributed by atoms with Gasteiger partial charge in [-0.05, 0) is 37.1 Å². The molecule has 0 radical (unpaired) electrons. The van der Waals surface area contributed by atoms with Gasteiger partial charge in [0, 0.05) is 53.8 Å². The maximum atomic E-state index is 13.9. The van der Waals surface area contributed by atoms with Crippen LogP contribution < -0.4 is 16.1 Å². The highest BCUT2D eigenvalue weighted by Crippen LogP contribution is 2.51. The molecule has 0 saturated carbocycles. The van der Waals surface area contributed by atoms with Crippen LogP contribution in [0.25, 0.3) is 32.7 Å². The fourth-order valence-electron chi connectivity index (χ4n) is 5.52. The van der Waals surface area contributed by atoms with E-state index in [2.05, 4.69) is 25.6 Å². The van der Waals surface area contributed by atoms with Crippen molar-refractivity contribution in [3.63, 3.8) is 0 Å². The lowest BCUT2D eigenvalue weighted by molar-refractivity contribution is -0.140. The third-order valence-electron chi connectivity index (χ3n) is 8.32. The average molecular weight is 837 g/mol. The highest BCUT2D eigenvalue weighted by atomic mass is 32.1. The van der Waals surface area contributed by atoms with Crippen LogP contribution in [-0.2, 0) is 48.8 Å². The number of esters is 1. The van der Waals surface area contributed by atoms with Gasteiger partial charge in [-0.2, -0.15) is 13.2 Å². The van der Waals surface area contributed by atoms with Crippen molar-refractivity contribution in [2.24, 2.45) is 0 Å². The van der Waals surface area contributed by atoms with Crippen molar-refractivity contribution >= 4 is 48.0 Å². The lowest BCUT2D eigenvalue weighted by Crippen LogP contribution is -2.28. The number of thiazole rings is 1. The molecule has 0 aliphatic heterocycles. The fraction of sp³-hybridized carbons (Fsp3) is 0.231. The fourth-order valence-corrected chi connectivity index (χ4v) is 7.51. The highest BCUT2D eigenvalue weighted by molar-refractivity contribution is 7.48. The van der Waals surface area contributed by atoms with Gasteiger partial charge in [-0.1, -0.05) is 60.7 Å². The molecule has 0 saturated heterocycles. The summed E-state index contributed by atoms with van der Waals surface area (Å²) in [7, 11) is -4.17. The number of hydrogen-bond donors (Lipinski definition) is 2. The third-order valence-corrected chi connectivity index (χ3v) is 10.6. The monoisotopic (exact) mass is 836 g/mol. The van der Waals surface area contributed by atoms with Crippen LogP contribution in [-0.4, -0.2) is 51.3 Å². The Bertz CT molecular complexity index is 2460. The molecule has 302 valence electrons. The van der Waals surface area contributed by atoms with Gasteiger partial charge >= 0.3 is 26.0 Å². The minimum atomic E-state index is -4.71. The number of carbonyl (C=O) groups is 2. The van der Waals surface area contributed by atoms with Gasteiger partial charge in [0.25, 0.3) is 0 Å². The van der Waals surface area contributed by atoms with Gasteiger partial charge in [0.2, 0.25) is 5.43 Å². The Balaban J connectivity index is 1.24. The predicted octanol–water partition coefficient (Wildman–Crippen LogP) is 8.48. The van der Waals surface area contributed by atoms with Crippen molar-refractivity contribution in [1.29, 1.82) is 0 Å². The lowest BCUT2D eigenvalue weighted by atomic mass is 10.0. The molecule has 2 aromatic carbocycles. The summed E-state index contributed by atoms with van der Waals surface area (Å²) in [5.41, 5.74) is 0.175. The van der Waals surface area contributed by atoms with E-state index in [-0.39, 0.29) is 57.3 Å². The number of benzene rings is 2. The second kappa shape index (κ2) is 18.7. The van der Waals surface area contributed by atoms with E-state index in [1.165, 1.54) is 30.7 Å². The first-order valence-corrected chi connectivity index (χ1v) is 20.1. The number of carbonyl (C=O) groups excluding carboxylic acids is 2. The summed E-state index contributed by atoms with van der Waals surface area (Å²) in [6.45, 7) is 3.10. The number of urea groups is 1. The van der Waals surface area contributed by atoms with Crippen LogP contribution >= 0.6 is 19.2 Å². The van der Waals surface area contributed by atoms with Crippen LogP contribution in [0.15, 0.2) is 102 Å². The number of rotatable bonds is 16. The number of pyridine rings is 3. The normalized spacial score (nSPS) is 11.7. The summed E-state index contributed by atoms with van der Waals surface area (Å²) in [5, 5.41) is 5.92. The number of anilines is 1. The third kappa shape index (κ3) is 10.4. The molecule has 0 aliphatic carbocycles. The lowest BCUT2D eigenvalue weighted by Gasteiger charge is -2.18. The number of alkyl halides is 3. The summed E-state index contributed by atoms with van der Waals surface area (Å²) in [6, 6.07) is 20.2. The molecule has 58 heavy (non-hydrogen) atoms. The Labute approximate surface area is 333 Å². The van der Waals surface area contributed by atoms with E-state index in [9.17, 15) is 32.1 Å². The van der Waals surface area contributed by atoms with Gasteiger partial charge in [0.05, 0.1) is 25.2 Å². The molecule has 0 fully saturated rings. The van der Waals surface area contributed by atoms with Crippen LogP contribution in [0.1, 0.15) is 41.0 Å². The van der Waals surface area contributed by atoms with Gasteiger partial charge < -0.3 is 14.6 Å². The summed E-state index contributed by atoms with van der Waals surface area (Å²) in [4.78, 5) is 52.0. The van der Waals surface area contributed by atoms with Gasteiger partial charge in [-0.25, -0.2) is 29.1 Å². The Morgan fingerprint density at radius 2 is 1.55 bits per heavy atom. The number of aryl methyl sites for hydroxylation is 1. The number of amides is 2. The average Bonchev–Trinajstić information content (AvgIpc) is 3.74. The van der Waals surface area contributed by atoms with E-state index < -0.39 is 50.3 Å². The Hall–Kier alpha value is -5.78. The van der Waals surface area contributed by atoms with Crippen molar-refractivity contribution in [3.05, 3.63) is 129 Å². The first kappa shape index (κ1) is 41.8. The van der Waals surface area contributed by atoms with Crippen molar-refractivity contribution < 1.29 is 45.6 Å². The molecule has 2 amide bonds. The second-order valence-electron chi connectivity index (χ2n) is 12.3. The largest absolute Gasteiger partial charge is 0.475 e. The van der Waals surface area contributed by atoms with Crippen molar-refractivity contribution in [1.82, 2.24) is 24.8 Å². The van der Waals surface area contributed by atoms with Gasteiger partial charge in [-0.15, -0.1) is 11.3 Å². The van der Waals surface area contributed by atoms with Crippen molar-refractivity contribution in [2.75, 3.05) is 25.1 Å². The quantitative estimate of drug-likeness (QED) is 0.0544. The van der Waals surface area contributed by atoms with Crippen LogP contribution in [0.3, 0.4) is 0 Å². The Morgan fingerprint density at radius 3 is 2.16 bits per heavy atom. The number of halogens is 3. The van der Waals surface area contributed by atoms with Crippen molar-refractivity contribution in [2.45, 2.75) is 39.8 Å². The summed E-state index contributed by atoms with van der Waals surface area (Å²) in [5.74, 6) is -0.967. The highest BCUT2D eigenvalue weighted by Gasteiger charge is 2.34. The van der Waals surface area contributed by atoms with Gasteiger partial charge in [0.15, 0.2) is 5.69 Å². The maximum absolute atomic E-state index is 13.9. The zero-order chi connectivity index (χ0) is 41.3. The Morgan fingerprint density at radius 1 is 0.879 bits per heavy atom. The molecule has 6 aromatic rings. The van der Waals surface area contributed by atoms with Gasteiger partial charge in [0.1, 0.15) is 28.6 Å². The molecule has 0 bridgehead atoms. The molecular weight excluding hydrogens is 800 g/mol. The first-order valence-electron chi connectivity index (χ1n) is 17.8. The predicted molar refractivity (Wildman–Crippen MR) is 210 cm³/mol. The van der Waals surface area contributed by atoms with E-state index in [1.807, 2.05) is 12.1 Å². The maximum Gasteiger partial charge on any atom is 0.475 e. The van der Waals surface area contributed by atoms with Crippen LogP contribution in [0.2, 0.25) is 0 Å². The molecule has 14 nitrogen and oxygen atoms in total. The number of aromatic nitrogens is 4. The molecule has 0 spiro atoms. The van der Waals surface area contributed by atoms with Crippen LogP contribution in [0, 0.1) is 0 Å². The zero-order valence-electron chi connectivity index (χ0n) is 31.0. The molecule has 4 heterocycles. The molecule has 0 atom stereocenters. The Kier molecular flexibility index (Phi) is 13.5. The van der Waals surface area contributed by atoms with E-state index in [4.69, 9.17) is 18.3 Å². The number of phosphoric acid groups is 1. The molecule has 19 heteroatoms. The smallest absolute Gasteiger partial charge is 0.459 e. The molecule has 0 aliphatic rings. The molecule has 2 N–H and O–H groups in total. The molecule has 0 unspecified atom stereocenters. The van der Waals surface area contributed by atoms with E-state index >= 15 is 0 Å². The second-order valence-corrected chi connectivity index (χ2v) is 14.8. The summed E-state index contributed by atoms with van der Waals surface area (Å²) >= 11 is 0.731. The number of fused-ring (bicyclic) bond motifs is 1. The molecule has 6 rings (SSSR count). The number of hydrogen-bond acceptors (Lipinski definition) is 12. The number of nitrogens with one attached hydrogen (secondary N) is 2. The van der Waals surface area contributed by atoms with E-state index in [0.717, 1.165) is 27.8 Å². The molecular formula is C39H36F3N6O8PS. The summed E-state index contributed by atoms with van der Waals surface area (Å²) < 4.78 is 77.9. The van der Waals surface area contributed by atoms with Crippen LogP contribution in [0.4, 0.5) is 23.8 Å². The summed E-state index contributed by atoms with van der Waals surface area (Å²) in [6.07, 6.45) is -0.670. The van der Waals surface area contributed by atoms with Crippen LogP contribution in [0.5, 0.6) is 0 Å².